The topological polar surface area (TPSA) is 88.7 Å². The number of carbonyl (C=O) groups is 2. The van der Waals surface area contributed by atoms with Crippen molar-refractivity contribution in [3.63, 3.8) is 0 Å². The van der Waals surface area contributed by atoms with Gasteiger partial charge in [0.25, 0.3) is 5.91 Å². The maximum Gasteiger partial charge on any atom is 0.321 e. The molecule has 3 N–H and O–H groups in total. The number of benzene rings is 1. The van der Waals surface area contributed by atoms with Gasteiger partial charge in [-0.05, 0) is 31.2 Å². The molecule has 3 amide bonds. The fraction of sp³-hybridized carbons (Fsp3) is 0.278. The Kier molecular flexibility index (Phi) is 5.65. The van der Waals surface area contributed by atoms with Gasteiger partial charge in [0.1, 0.15) is 11.8 Å². The summed E-state index contributed by atoms with van der Waals surface area (Å²) in [7, 11) is 1.91. The number of likely N-dealkylation sites (N-methyl/N-ethyl adjacent to an activating group) is 1. The summed E-state index contributed by atoms with van der Waals surface area (Å²) in [6.45, 7) is 2.43. The van der Waals surface area contributed by atoms with Gasteiger partial charge in [-0.2, -0.15) is 0 Å². The van der Waals surface area contributed by atoms with Crippen LogP contribution in [-0.2, 0) is 11.3 Å². The molecule has 7 nitrogen and oxygen atoms in total. The number of hydrogen-bond donors (Lipinski definition) is 3. The summed E-state index contributed by atoms with van der Waals surface area (Å²) in [4.78, 5) is 29.5. The van der Waals surface area contributed by atoms with Crippen molar-refractivity contribution in [2.75, 3.05) is 13.6 Å². The summed E-state index contributed by atoms with van der Waals surface area (Å²) in [6, 6.07) is 11.0. The predicted octanol–water partition coefficient (Wildman–Crippen LogP) is 1.49. The Bertz CT molecular complexity index is 858. The number of thiazole rings is 1. The molecule has 0 bridgehead atoms. The highest BCUT2D eigenvalue weighted by atomic mass is 32.1. The van der Waals surface area contributed by atoms with E-state index in [4.69, 9.17) is 4.42 Å². The van der Waals surface area contributed by atoms with Crippen molar-refractivity contribution in [3.05, 3.63) is 53.4 Å². The van der Waals surface area contributed by atoms with Gasteiger partial charge in [-0.15, -0.1) is 11.3 Å². The molecule has 0 aliphatic carbocycles. The number of para-hydroxylation sites is 1. The Morgan fingerprint density at radius 3 is 2.81 bits per heavy atom. The quantitative estimate of drug-likeness (QED) is 0.611. The second-order valence-electron chi connectivity index (χ2n) is 6.07. The molecule has 2 atom stereocenters. The minimum atomic E-state index is -0.535. The van der Waals surface area contributed by atoms with Gasteiger partial charge in [-0.25, -0.2) is 9.78 Å². The van der Waals surface area contributed by atoms with Gasteiger partial charge >= 0.3 is 6.03 Å². The van der Waals surface area contributed by atoms with E-state index in [1.165, 1.54) is 6.26 Å². The molecular weight excluding hydrogens is 352 g/mol. The minimum absolute atomic E-state index is 0.0457. The number of urea groups is 1. The molecule has 3 aromatic rings. The zero-order chi connectivity index (χ0) is 18.5. The second kappa shape index (κ2) is 8.11. The first-order valence-corrected chi connectivity index (χ1v) is 9.12. The molecule has 0 saturated heterocycles. The molecule has 1 aromatic carbocycles. The van der Waals surface area contributed by atoms with Crippen LogP contribution in [0.25, 0.3) is 10.2 Å². The van der Waals surface area contributed by atoms with E-state index in [1.54, 1.807) is 23.5 Å². The van der Waals surface area contributed by atoms with Crippen LogP contribution in [0.1, 0.15) is 23.7 Å². The number of carbonyl (C=O) groups excluding carboxylic acids is 2. The van der Waals surface area contributed by atoms with E-state index in [9.17, 15) is 9.59 Å². The van der Waals surface area contributed by atoms with E-state index < -0.39 is 6.03 Å². The van der Waals surface area contributed by atoms with Crippen LogP contribution >= 0.6 is 11.3 Å². The van der Waals surface area contributed by atoms with Crippen LogP contribution in [0.4, 0.5) is 4.79 Å². The van der Waals surface area contributed by atoms with E-state index >= 15 is 0 Å². The van der Waals surface area contributed by atoms with Crippen LogP contribution in [0.2, 0.25) is 0 Å². The highest BCUT2D eigenvalue weighted by Gasteiger charge is 2.22. The lowest BCUT2D eigenvalue weighted by molar-refractivity contribution is -0.902. The van der Waals surface area contributed by atoms with Gasteiger partial charge in [0.05, 0.1) is 30.1 Å². The third-order valence-corrected chi connectivity index (χ3v) is 5.33. The first-order valence-electron chi connectivity index (χ1n) is 8.31. The average molecular weight is 373 g/mol. The van der Waals surface area contributed by atoms with Gasteiger partial charge in [0, 0.05) is 0 Å². The van der Waals surface area contributed by atoms with Crippen molar-refractivity contribution in [2.24, 2.45) is 0 Å². The summed E-state index contributed by atoms with van der Waals surface area (Å²) in [5, 5.41) is 5.89. The van der Waals surface area contributed by atoms with E-state index in [2.05, 4.69) is 15.6 Å². The van der Waals surface area contributed by atoms with Gasteiger partial charge in [0.2, 0.25) is 0 Å². The number of imide groups is 1. The molecule has 2 heterocycles. The fourth-order valence-corrected chi connectivity index (χ4v) is 3.60. The lowest BCUT2D eigenvalue weighted by Gasteiger charge is -2.19. The molecule has 2 aromatic heterocycles. The zero-order valence-electron chi connectivity index (χ0n) is 14.6. The average Bonchev–Trinajstić information content (AvgIpc) is 3.28. The first kappa shape index (κ1) is 18.1. The molecule has 0 radical (unpaired) electrons. The molecule has 26 heavy (non-hydrogen) atoms. The van der Waals surface area contributed by atoms with Gasteiger partial charge < -0.3 is 14.6 Å². The van der Waals surface area contributed by atoms with Crippen molar-refractivity contribution in [1.82, 2.24) is 15.6 Å². The summed E-state index contributed by atoms with van der Waals surface area (Å²) in [5.74, 6) is 0.284. The van der Waals surface area contributed by atoms with Crippen molar-refractivity contribution < 1.29 is 18.9 Å². The lowest BCUT2D eigenvalue weighted by Crippen LogP contribution is -3.10. The second-order valence-corrected chi connectivity index (χ2v) is 7.14. The van der Waals surface area contributed by atoms with Crippen LogP contribution in [-0.4, -0.2) is 30.5 Å². The van der Waals surface area contributed by atoms with Gasteiger partial charge in [-0.3, -0.25) is 10.1 Å². The Morgan fingerprint density at radius 1 is 1.27 bits per heavy atom. The monoisotopic (exact) mass is 373 g/mol. The third-order valence-electron chi connectivity index (χ3n) is 4.12. The van der Waals surface area contributed by atoms with Crippen LogP contribution in [0.15, 0.2) is 47.1 Å². The van der Waals surface area contributed by atoms with E-state index in [0.29, 0.717) is 5.76 Å². The summed E-state index contributed by atoms with van der Waals surface area (Å²) < 4.78 is 6.25. The van der Waals surface area contributed by atoms with Crippen molar-refractivity contribution in [3.8, 4) is 0 Å². The molecular formula is C18H21N4O3S+. The number of furan rings is 1. The van der Waals surface area contributed by atoms with Crippen LogP contribution in [0.5, 0.6) is 0 Å². The molecule has 136 valence electrons. The highest BCUT2D eigenvalue weighted by molar-refractivity contribution is 7.18. The van der Waals surface area contributed by atoms with Crippen molar-refractivity contribution >= 4 is 33.5 Å². The molecule has 0 fully saturated rings. The molecule has 1 unspecified atom stereocenters. The fourth-order valence-electron chi connectivity index (χ4n) is 2.49. The standard InChI is InChI=1S/C18H20N4O3S/c1-12(17-20-14-7-3-4-8-15(14)26-17)22(2)11-16(23)21-18(24)19-10-13-6-5-9-25-13/h3-9,12H,10-11H2,1-2H3,(H2,19,21,23,24)/p+1/t12-/m0/s1. The maximum atomic E-state index is 12.1. The van der Waals surface area contributed by atoms with E-state index in [1.807, 2.05) is 38.2 Å². The molecule has 0 spiro atoms. The van der Waals surface area contributed by atoms with Gasteiger partial charge in [0.15, 0.2) is 11.6 Å². The Morgan fingerprint density at radius 2 is 2.08 bits per heavy atom. The molecule has 0 aliphatic heterocycles. The summed E-state index contributed by atoms with van der Waals surface area (Å²) >= 11 is 1.63. The molecule has 3 rings (SSSR count). The normalized spacial score (nSPS) is 13.3. The molecule has 0 aliphatic rings. The molecule has 0 saturated carbocycles. The van der Waals surface area contributed by atoms with E-state index in [-0.39, 0.29) is 25.0 Å². The smallest absolute Gasteiger partial charge is 0.321 e. The number of fused-ring (bicyclic) bond motifs is 1. The van der Waals surface area contributed by atoms with Gasteiger partial charge in [-0.1, -0.05) is 12.1 Å². The number of quaternary nitrogens is 1. The highest BCUT2D eigenvalue weighted by Crippen LogP contribution is 2.24. The number of hydrogen-bond acceptors (Lipinski definition) is 5. The maximum absolute atomic E-state index is 12.1. The number of aromatic nitrogens is 1. The minimum Gasteiger partial charge on any atom is -0.467 e. The van der Waals surface area contributed by atoms with E-state index in [0.717, 1.165) is 20.1 Å². The first-order chi connectivity index (χ1) is 12.5. The summed E-state index contributed by atoms with van der Waals surface area (Å²) in [5.41, 5.74) is 0.967. The SMILES string of the molecule is C[C@@H](c1nc2ccccc2s1)[NH+](C)CC(=O)NC(=O)NCc1ccco1. The van der Waals surface area contributed by atoms with Crippen molar-refractivity contribution in [1.29, 1.82) is 0 Å². The van der Waals surface area contributed by atoms with Crippen molar-refractivity contribution in [2.45, 2.75) is 19.5 Å². The van der Waals surface area contributed by atoms with Crippen LogP contribution < -0.4 is 15.5 Å². The molecule has 8 heteroatoms. The predicted molar refractivity (Wildman–Crippen MR) is 98.9 cm³/mol. The largest absolute Gasteiger partial charge is 0.467 e. The third kappa shape index (κ3) is 4.47. The Labute approximate surface area is 155 Å². The lowest BCUT2D eigenvalue weighted by atomic mass is 10.3. The Balaban J connectivity index is 1.50. The van der Waals surface area contributed by atoms with Crippen LogP contribution in [0, 0.1) is 0 Å². The number of nitrogens with one attached hydrogen (secondary N) is 3. The number of rotatable bonds is 6. The Hall–Kier alpha value is -2.71. The number of nitrogens with zero attached hydrogens (tertiary/aromatic N) is 1. The zero-order valence-corrected chi connectivity index (χ0v) is 15.4. The number of amides is 3. The summed E-state index contributed by atoms with van der Waals surface area (Å²) in [6.07, 6.45) is 1.53. The van der Waals surface area contributed by atoms with Crippen LogP contribution in [0.3, 0.4) is 0 Å².